The molecule has 6 aliphatic heterocycles. The number of likely N-dealkylation sites (tertiary alicyclic amines) is 4. The van der Waals surface area contributed by atoms with E-state index < -0.39 is 0 Å². The van der Waals surface area contributed by atoms with Gasteiger partial charge in [-0.1, -0.05) is 97.8 Å². The Morgan fingerprint density at radius 1 is 0.458 bits per heavy atom. The lowest BCUT2D eigenvalue weighted by atomic mass is 9.84. The molecule has 0 amide bonds. The molecule has 0 atom stereocenters. The van der Waals surface area contributed by atoms with Gasteiger partial charge in [0.15, 0.2) is 0 Å². The summed E-state index contributed by atoms with van der Waals surface area (Å²) in [6.45, 7) is 21.6. The minimum absolute atomic E-state index is 0. The lowest BCUT2D eigenvalue weighted by Gasteiger charge is -2.31. The average Bonchev–Trinajstić information content (AvgIpc) is 3.28. The Kier molecular flexibility index (Phi) is 31.6. The molecule has 1 N–H and O–H groups in total. The number of hydrogen-bond donors (Lipinski definition) is 1. The van der Waals surface area contributed by atoms with Crippen LogP contribution in [-0.2, 0) is 9.47 Å². The molecule has 0 aromatic carbocycles. The molecule has 350 valence electrons. The molecule has 0 spiro atoms. The highest BCUT2D eigenvalue weighted by molar-refractivity contribution is 4.74. The van der Waals surface area contributed by atoms with Crippen LogP contribution in [0.3, 0.4) is 0 Å². The van der Waals surface area contributed by atoms with Crippen molar-refractivity contribution in [1.82, 2.24) is 24.9 Å². The Bertz CT molecular complexity index is 832. The Morgan fingerprint density at radius 2 is 0.881 bits per heavy atom. The fourth-order valence-electron chi connectivity index (χ4n) is 11.0. The first kappa shape index (κ1) is 53.1. The zero-order valence-corrected chi connectivity index (χ0v) is 39.4. The molecule has 0 radical (unpaired) electrons. The molecule has 7 nitrogen and oxygen atoms in total. The Balaban J connectivity index is 0.000000214. The van der Waals surface area contributed by atoms with Gasteiger partial charge in [0, 0.05) is 26.4 Å². The van der Waals surface area contributed by atoms with Crippen LogP contribution in [0.5, 0.6) is 0 Å². The molecule has 0 aromatic rings. The number of piperidine rings is 5. The van der Waals surface area contributed by atoms with E-state index in [4.69, 9.17) is 9.47 Å². The van der Waals surface area contributed by atoms with Crippen molar-refractivity contribution in [3.63, 3.8) is 0 Å². The van der Waals surface area contributed by atoms with E-state index in [1.807, 2.05) is 0 Å². The second-order valence-corrected chi connectivity index (χ2v) is 20.3. The summed E-state index contributed by atoms with van der Waals surface area (Å²) in [7, 11) is 4.52. The number of hydrogen-bond acceptors (Lipinski definition) is 7. The van der Waals surface area contributed by atoms with Crippen molar-refractivity contribution in [1.29, 1.82) is 0 Å². The molecule has 7 fully saturated rings. The van der Waals surface area contributed by atoms with Gasteiger partial charge in [-0.2, -0.15) is 0 Å². The maximum absolute atomic E-state index is 5.76. The van der Waals surface area contributed by atoms with Gasteiger partial charge in [0.2, 0.25) is 0 Å². The lowest BCUT2D eigenvalue weighted by Crippen LogP contribution is -2.32. The van der Waals surface area contributed by atoms with Crippen LogP contribution in [0.1, 0.15) is 188 Å². The highest BCUT2D eigenvalue weighted by atomic mass is 16.5. The monoisotopic (exact) mass is 832 g/mol. The summed E-state index contributed by atoms with van der Waals surface area (Å²) < 4.78 is 11.1. The van der Waals surface area contributed by atoms with Crippen molar-refractivity contribution in [2.24, 2.45) is 29.6 Å². The summed E-state index contributed by atoms with van der Waals surface area (Å²) in [4.78, 5) is 10.1. The Morgan fingerprint density at radius 3 is 1.37 bits per heavy atom. The van der Waals surface area contributed by atoms with Gasteiger partial charge < -0.3 is 34.4 Å². The molecule has 0 unspecified atom stereocenters. The summed E-state index contributed by atoms with van der Waals surface area (Å²) in [6, 6.07) is 0. The van der Waals surface area contributed by atoms with E-state index in [1.54, 1.807) is 0 Å². The number of ether oxygens (including phenoxy) is 2. The molecule has 7 heteroatoms. The molecular weight excluding hydrogens is 727 g/mol. The molecular formula is C52H105N5O2. The minimum Gasteiger partial charge on any atom is -0.381 e. The number of rotatable bonds is 16. The van der Waals surface area contributed by atoms with Crippen LogP contribution >= 0.6 is 0 Å². The molecule has 0 aromatic heterocycles. The van der Waals surface area contributed by atoms with Crippen LogP contribution in [0.4, 0.5) is 0 Å². The predicted octanol–water partition coefficient (Wildman–Crippen LogP) is 11.4. The van der Waals surface area contributed by atoms with Crippen LogP contribution in [0.2, 0.25) is 0 Å². The van der Waals surface area contributed by atoms with Crippen molar-refractivity contribution >= 4 is 0 Å². The van der Waals surface area contributed by atoms with Gasteiger partial charge in [-0.05, 0) is 206 Å². The normalized spacial score (nSPS) is 24.5. The molecule has 7 rings (SSSR count). The first-order chi connectivity index (χ1) is 28.6. The topological polar surface area (TPSA) is 43.5 Å². The number of nitrogens with one attached hydrogen (secondary N) is 1. The van der Waals surface area contributed by atoms with Crippen LogP contribution in [0, 0.1) is 29.6 Å². The SMILES string of the molecule is C.C1CCC(CCCC2CCNCC2)CC1.C1CCN(CCOCCC2CCOCC2)CC1.CCCN1CCCCC1.CN1CCC(CCCC2CCN(C)CC2)CC1. The van der Waals surface area contributed by atoms with Crippen molar-refractivity contribution < 1.29 is 9.47 Å². The van der Waals surface area contributed by atoms with Crippen molar-refractivity contribution in [2.75, 3.05) is 119 Å². The van der Waals surface area contributed by atoms with Crippen LogP contribution < -0.4 is 5.32 Å². The average molecular weight is 832 g/mol. The van der Waals surface area contributed by atoms with E-state index >= 15 is 0 Å². The molecule has 6 heterocycles. The second-order valence-electron chi connectivity index (χ2n) is 20.3. The third-order valence-electron chi connectivity index (χ3n) is 15.3. The lowest BCUT2D eigenvalue weighted by molar-refractivity contribution is 0.0426. The Labute approximate surface area is 369 Å². The first-order valence-corrected chi connectivity index (χ1v) is 26.2. The first-order valence-electron chi connectivity index (χ1n) is 26.2. The summed E-state index contributed by atoms with van der Waals surface area (Å²) in [5.74, 6) is 5.07. The molecule has 1 saturated carbocycles. The molecule has 1 aliphatic carbocycles. The maximum atomic E-state index is 5.76. The zero-order valence-electron chi connectivity index (χ0n) is 39.4. The van der Waals surface area contributed by atoms with Gasteiger partial charge in [-0.25, -0.2) is 0 Å². The highest BCUT2D eigenvalue weighted by Crippen LogP contribution is 2.30. The summed E-state index contributed by atoms with van der Waals surface area (Å²) in [5, 5.41) is 3.45. The fourth-order valence-corrected chi connectivity index (χ4v) is 11.0. The van der Waals surface area contributed by atoms with Crippen molar-refractivity contribution in [3.8, 4) is 0 Å². The smallest absolute Gasteiger partial charge is 0.0593 e. The van der Waals surface area contributed by atoms with E-state index in [0.29, 0.717) is 0 Å². The van der Waals surface area contributed by atoms with E-state index in [1.165, 1.54) is 245 Å². The standard InChI is InChI=1S/C15H30N2.C14H27NO2.C14H27N.C8H17N.CH4/c1-16-10-6-14(7-11-16)4-3-5-15-8-12-17(2)13-9-15;1-2-7-15(8-3-1)9-13-17-12-6-14-4-10-16-11-5-14;1-2-5-13(6-3-1)7-4-8-14-9-11-15-12-10-14;1-2-6-9-7-4-3-5-8-9;/h14-15H,3-13H2,1-2H3;14H,1-13H2;13-15H,1-12H2;2-8H2,1H3;1H4. The molecule has 0 bridgehead atoms. The van der Waals surface area contributed by atoms with Gasteiger partial charge in [-0.3, -0.25) is 0 Å². The van der Waals surface area contributed by atoms with Gasteiger partial charge in [0.25, 0.3) is 0 Å². The third-order valence-corrected chi connectivity index (χ3v) is 15.3. The second kappa shape index (κ2) is 35.1. The van der Waals surface area contributed by atoms with E-state index in [9.17, 15) is 0 Å². The van der Waals surface area contributed by atoms with Gasteiger partial charge >= 0.3 is 0 Å². The largest absolute Gasteiger partial charge is 0.381 e. The van der Waals surface area contributed by atoms with Crippen molar-refractivity contribution in [3.05, 3.63) is 0 Å². The van der Waals surface area contributed by atoms with Gasteiger partial charge in [0.05, 0.1) is 6.61 Å². The van der Waals surface area contributed by atoms with E-state index in [2.05, 4.69) is 45.9 Å². The van der Waals surface area contributed by atoms with E-state index in [-0.39, 0.29) is 7.43 Å². The minimum atomic E-state index is 0. The summed E-state index contributed by atoms with van der Waals surface area (Å²) in [6.07, 6.45) is 38.8. The summed E-state index contributed by atoms with van der Waals surface area (Å²) in [5.41, 5.74) is 0. The van der Waals surface area contributed by atoms with E-state index in [0.717, 1.165) is 62.6 Å². The molecule has 59 heavy (non-hydrogen) atoms. The molecule has 7 aliphatic rings. The number of nitrogens with zero attached hydrogens (tertiary/aromatic N) is 4. The van der Waals surface area contributed by atoms with Gasteiger partial charge in [-0.15, -0.1) is 0 Å². The Hall–Kier alpha value is -0.280. The van der Waals surface area contributed by atoms with Crippen molar-refractivity contribution in [2.45, 2.75) is 188 Å². The third kappa shape index (κ3) is 26.2. The molecule has 6 saturated heterocycles. The zero-order chi connectivity index (χ0) is 40.7. The summed E-state index contributed by atoms with van der Waals surface area (Å²) >= 11 is 0. The van der Waals surface area contributed by atoms with Crippen LogP contribution in [-0.4, -0.2) is 139 Å². The van der Waals surface area contributed by atoms with Crippen LogP contribution in [0.15, 0.2) is 0 Å². The van der Waals surface area contributed by atoms with Gasteiger partial charge in [0.1, 0.15) is 0 Å². The fraction of sp³-hybridized carbons (Fsp3) is 1.00. The maximum Gasteiger partial charge on any atom is 0.0593 e. The predicted molar refractivity (Wildman–Crippen MR) is 257 cm³/mol. The van der Waals surface area contributed by atoms with Crippen LogP contribution in [0.25, 0.3) is 0 Å². The quantitative estimate of drug-likeness (QED) is 0.155. The highest BCUT2D eigenvalue weighted by Gasteiger charge is 2.20.